The third-order valence-corrected chi connectivity index (χ3v) is 1.87. The van der Waals surface area contributed by atoms with Gasteiger partial charge in [-0.15, -0.1) is 5.10 Å². The van der Waals surface area contributed by atoms with E-state index in [1.807, 2.05) is 20.8 Å². The van der Waals surface area contributed by atoms with Gasteiger partial charge in [-0.1, -0.05) is 0 Å². The van der Waals surface area contributed by atoms with Crippen molar-refractivity contribution in [3.63, 3.8) is 0 Å². The van der Waals surface area contributed by atoms with Crippen LogP contribution in [-0.2, 0) is 4.79 Å². The standard InChI is InChI=1S/C10H18N6O2/c1-10(2,3)14-6(17)4-5-12-8(18)7-13-9(11)16-15-7/h4-5H2,1-3H3,(H,12,18)(H,14,17)(H3,11,13,15,16). The van der Waals surface area contributed by atoms with Gasteiger partial charge >= 0.3 is 0 Å². The van der Waals surface area contributed by atoms with E-state index in [9.17, 15) is 9.59 Å². The maximum atomic E-state index is 11.5. The van der Waals surface area contributed by atoms with Gasteiger partial charge in [-0.3, -0.25) is 14.7 Å². The Bertz CT molecular complexity index is 434. The molecule has 5 N–H and O–H groups in total. The summed E-state index contributed by atoms with van der Waals surface area (Å²) in [7, 11) is 0. The zero-order chi connectivity index (χ0) is 13.8. The van der Waals surface area contributed by atoms with Gasteiger partial charge in [0.05, 0.1) is 0 Å². The number of nitrogen functional groups attached to an aromatic ring is 1. The average molecular weight is 254 g/mol. The van der Waals surface area contributed by atoms with Crippen LogP contribution in [0.3, 0.4) is 0 Å². The Hall–Kier alpha value is -2.12. The SMILES string of the molecule is CC(C)(C)NC(=O)CCNC(=O)c1nc(N)n[nH]1. The van der Waals surface area contributed by atoms with Crippen LogP contribution < -0.4 is 16.4 Å². The lowest BCUT2D eigenvalue weighted by molar-refractivity contribution is -0.122. The Kier molecular flexibility index (Phi) is 4.24. The maximum absolute atomic E-state index is 11.5. The fraction of sp³-hybridized carbons (Fsp3) is 0.600. The molecule has 8 heteroatoms. The molecule has 1 aromatic heterocycles. The summed E-state index contributed by atoms with van der Waals surface area (Å²) in [6.45, 7) is 5.89. The van der Waals surface area contributed by atoms with E-state index in [1.54, 1.807) is 0 Å². The molecule has 0 bridgehead atoms. The number of rotatable bonds is 4. The smallest absolute Gasteiger partial charge is 0.288 e. The van der Waals surface area contributed by atoms with E-state index < -0.39 is 5.91 Å². The lowest BCUT2D eigenvalue weighted by Gasteiger charge is -2.20. The molecule has 0 aliphatic carbocycles. The van der Waals surface area contributed by atoms with Gasteiger partial charge in [0.2, 0.25) is 17.7 Å². The molecule has 100 valence electrons. The molecule has 0 aromatic carbocycles. The number of H-pyrrole nitrogens is 1. The van der Waals surface area contributed by atoms with Gasteiger partial charge < -0.3 is 16.4 Å². The highest BCUT2D eigenvalue weighted by molar-refractivity contribution is 5.90. The van der Waals surface area contributed by atoms with E-state index in [0.717, 1.165) is 0 Å². The van der Waals surface area contributed by atoms with E-state index in [1.165, 1.54) is 0 Å². The van der Waals surface area contributed by atoms with Crippen LogP contribution in [-0.4, -0.2) is 39.1 Å². The Morgan fingerprint density at radius 3 is 2.56 bits per heavy atom. The largest absolute Gasteiger partial charge is 0.366 e. The molecule has 0 aliphatic rings. The van der Waals surface area contributed by atoms with Gasteiger partial charge in [-0.2, -0.15) is 4.98 Å². The van der Waals surface area contributed by atoms with Crippen LogP contribution in [0.25, 0.3) is 0 Å². The quantitative estimate of drug-likeness (QED) is 0.572. The predicted molar refractivity (Wildman–Crippen MR) is 65.6 cm³/mol. The Morgan fingerprint density at radius 1 is 1.39 bits per heavy atom. The summed E-state index contributed by atoms with van der Waals surface area (Å²) in [5, 5.41) is 11.2. The molecule has 0 radical (unpaired) electrons. The monoisotopic (exact) mass is 254 g/mol. The number of nitrogens with zero attached hydrogens (tertiary/aromatic N) is 2. The van der Waals surface area contributed by atoms with Crippen LogP contribution in [0.2, 0.25) is 0 Å². The van der Waals surface area contributed by atoms with Gasteiger partial charge in [-0.25, -0.2) is 0 Å². The molecule has 0 unspecified atom stereocenters. The number of anilines is 1. The second-order valence-corrected chi connectivity index (χ2v) is 4.85. The maximum Gasteiger partial charge on any atom is 0.288 e. The Labute approximate surface area is 105 Å². The topological polar surface area (TPSA) is 126 Å². The third kappa shape index (κ3) is 4.81. The highest BCUT2D eigenvalue weighted by Gasteiger charge is 2.14. The average Bonchev–Trinajstić information content (AvgIpc) is 2.62. The molecule has 0 aliphatic heterocycles. The van der Waals surface area contributed by atoms with Gasteiger partial charge in [0.15, 0.2) is 0 Å². The number of amides is 2. The number of hydrogen-bond acceptors (Lipinski definition) is 5. The van der Waals surface area contributed by atoms with Gasteiger partial charge in [0.1, 0.15) is 0 Å². The van der Waals surface area contributed by atoms with E-state index in [0.29, 0.717) is 0 Å². The van der Waals surface area contributed by atoms with Crippen molar-refractivity contribution in [1.29, 1.82) is 0 Å². The summed E-state index contributed by atoms with van der Waals surface area (Å²) >= 11 is 0. The van der Waals surface area contributed by atoms with Crippen LogP contribution in [0.4, 0.5) is 5.95 Å². The Morgan fingerprint density at radius 2 is 2.06 bits per heavy atom. The fourth-order valence-electron chi connectivity index (χ4n) is 1.23. The highest BCUT2D eigenvalue weighted by Crippen LogP contribution is 1.99. The fourth-order valence-corrected chi connectivity index (χ4v) is 1.23. The number of aromatic nitrogens is 3. The minimum Gasteiger partial charge on any atom is -0.366 e. The van der Waals surface area contributed by atoms with E-state index >= 15 is 0 Å². The van der Waals surface area contributed by atoms with E-state index in [2.05, 4.69) is 25.8 Å². The van der Waals surface area contributed by atoms with Crippen molar-refractivity contribution < 1.29 is 9.59 Å². The molecule has 2 amide bonds. The van der Waals surface area contributed by atoms with Crippen LogP contribution in [0.5, 0.6) is 0 Å². The molecule has 0 saturated heterocycles. The van der Waals surface area contributed by atoms with Crippen molar-refractivity contribution in [3.8, 4) is 0 Å². The lowest BCUT2D eigenvalue weighted by atomic mass is 10.1. The molecular formula is C10H18N6O2. The number of nitrogens with two attached hydrogens (primary N) is 1. The van der Waals surface area contributed by atoms with E-state index in [4.69, 9.17) is 5.73 Å². The van der Waals surface area contributed by atoms with Gasteiger partial charge in [-0.05, 0) is 20.8 Å². The van der Waals surface area contributed by atoms with Gasteiger partial charge in [0, 0.05) is 18.5 Å². The highest BCUT2D eigenvalue weighted by atomic mass is 16.2. The predicted octanol–water partition coefficient (Wildman–Crippen LogP) is -0.578. The molecule has 1 rings (SSSR count). The molecule has 0 spiro atoms. The molecule has 1 aromatic rings. The summed E-state index contributed by atoms with van der Waals surface area (Å²) in [5.74, 6) is -0.531. The number of carbonyl (C=O) groups excluding carboxylic acids is 2. The molecule has 8 nitrogen and oxygen atoms in total. The number of nitrogens with one attached hydrogen (secondary N) is 3. The number of hydrogen-bond donors (Lipinski definition) is 4. The van der Waals surface area contributed by atoms with Crippen LogP contribution in [0, 0.1) is 0 Å². The molecule has 0 fully saturated rings. The summed E-state index contributed by atoms with van der Waals surface area (Å²) < 4.78 is 0. The normalized spacial score (nSPS) is 11.1. The number of carbonyl (C=O) groups is 2. The summed E-state index contributed by atoms with van der Waals surface area (Å²) in [5.41, 5.74) is 4.99. The van der Waals surface area contributed by atoms with E-state index in [-0.39, 0.29) is 36.2 Å². The minimum atomic E-state index is -0.442. The molecular weight excluding hydrogens is 236 g/mol. The van der Waals surface area contributed by atoms with Crippen molar-refractivity contribution in [3.05, 3.63) is 5.82 Å². The first kappa shape index (κ1) is 13.9. The van der Waals surface area contributed by atoms with Crippen molar-refractivity contribution in [2.75, 3.05) is 12.3 Å². The van der Waals surface area contributed by atoms with Crippen molar-refractivity contribution >= 4 is 17.8 Å². The second kappa shape index (κ2) is 5.48. The zero-order valence-corrected chi connectivity index (χ0v) is 10.7. The minimum absolute atomic E-state index is 0.00521. The van der Waals surface area contributed by atoms with Crippen molar-refractivity contribution in [2.24, 2.45) is 0 Å². The molecule has 0 atom stereocenters. The molecule has 0 saturated carbocycles. The first-order chi connectivity index (χ1) is 8.28. The Balaban J connectivity index is 2.30. The van der Waals surface area contributed by atoms with Crippen LogP contribution in [0.15, 0.2) is 0 Å². The van der Waals surface area contributed by atoms with Crippen molar-refractivity contribution in [2.45, 2.75) is 32.7 Å². The first-order valence-corrected chi connectivity index (χ1v) is 5.55. The van der Waals surface area contributed by atoms with Crippen LogP contribution >= 0.6 is 0 Å². The first-order valence-electron chi connectivity index (χ1n) is 5.55. The summed E-state index contributed by atoms with van der Waals surface area (Å²) in [6, 6.07) is 0. The third-order valence-electron chi connectivity index (χ3n) is 1.87. The molecule has 1 heterocycles. The van der Waals surface area contributed by atoms with Crippen molar-refractivity contribution in [1.82, 2.24) is 25.8 Å². The lowest BCUT2D eigenvalue weighted by Crippen LogP contribution is -2.42. The second-order valence-electron chi connectivity index (χ2n) is 4.85. The molecule has 18 heavy (non-hydrogen) atoms. The van der Waals surface area contributed by atoms with Gasteiger partial charge in [0.25, 0.3) is 5.91 Å². The zero-order valence-electron chi connectivity index (χ0n) is 10.7. The number of aromatic amines is 1. The van der Waals surface area contributed by atoms with Crippen LogP contribution in [0.1, 0.15) is 37.8 Å². The summed E-state index contributed by atoms with van der Waals surface area (Å²) in [6.07, 6.45) is 0.201. The summed E-state index contributed by atoms with van der Waals surface area (Å²) in [4.78, 5) is 26.6.